The van der Waals surface area contributed by atoms with Crippen molar-refractivity contribution in [1.29, 1.82) is 0 Å². The van der Waals surface area contributed by atoms with E-state index in [-0.39, 0.29) is 12.1 Å². The van der Waals surface area contributed by atoms with Crippen LogP contribution in [0.3, 0.4) is 0 Å². The summed E-state index contributed by atoms with van der Waals surface area (Å²) in [6.07, 6.45) is 2.48. The lowest BCUT2D eigenvalue weighted by Crippen LogP contribution is -2.38. The van der Waals surface area contributed by atoms with Crippen LogP contribution in [0.2, 0.25) is 5.02 Å². The van der Waals surface area contributed by atoms with Gasteiger partial charge in [0.05, 0.1) is 19.8 Å². The third-order valence-corrected chi connectivity index (χ3v) is 3.98. The van der Waals surface area contributed by atoms with Crippen molar-refractivity contribution in [1.82, 2.24) is 4.90 Å². The molecule has 0 aliphatic carbocycles. The van der Waals surface area contributed by atoms with Gasteiger partial charge < -0.3 is 9.47 Å². The van der Waals surface area contributed by atoms with Gasteiger partial charge in [0.25, 0.3) is 0 Å². The van der Waals surface area contributed by atoms with Crippen molar-refractivity contribution >= 4 is 17.6 Å². The van der Waals surface area contributed by atoms with Gasteiger partial charge in [0.15, 0.2) is 0 Å². The summed E-state index contributed by atoms with van der Waals surface area (Å²) >= 11 is 5.91. The molecule has 0 amide bonds. The van der Waals surface area contributed by atoms with Gasteiger partial charge in [0.1, 0.15) is 0 Å². The van der Waals surface area contributed by atoms with Gasteiger partial charge in [-0.1, -0.05) is 23.7 Å². The lowest BCUT2D eigenvalue weighted by molar-refractivity contribution is -0.140. The number of unbranched alkanes of at least 4 members (excludes halogenated alkanes) is 1. The predicted octanol–water partition coefficient (Wildman–Crippen LogP) is 3.06. The Kier molecular flexibility index (Phi) is 6.49. The highest BCUT2D eigenvalue weighted by Gasteiger charge is 2.21. The molecule has 1 saturated heterocycles. The fraction of sp³-hybridized carbons (Fsp3) is 0.562. The molecule has 1 fully saturated rings. The number of halogens is 1. The first-order valence-electron chi connectivity index (χ1n) is 7.35. The molecule has 1 aliphatic rings. The largest absolute Gasteiger partial charge is 0.469 e. The molecule has 0 saturated carbocycles. The van der Waals surface area contributed by atoms with Gasteiger partial charge in [0.2, 0.25) is 0 Å². The highest BCUT2D eigenvalue weighted by Crippen LogP contribution is 2.23. The maximum Gasteiger partial charge on any atom is 0.305 e. The van der Waals surface area contributed by atoms with Crippen molar-refractivity contribution in [3.63, 3.8) is 0 Å². The Bertz CT molecular complexity index is 449. The number of methoxy groups -OCH3 is 1. The van der Waals surface area contributed by atoms with E-state index >= 15 is 0 Å². The highest BCUT2D eigenvalue weighted by atomic mass is 35.5. The van der Waals surface area contributed by atoms with Gasteiger partial charge in [0, 0.05) is 24.5 Å². The van der Waals surface area contributed by atoms with Crippen LogP contribution in [0.1, 0.15) is 30.9 Å². The lowest BCUT2D eigenvalue weighted by Gasteiger charge is -2.33. The number of esters is 1. The zero-order valence-electron chi connectivity index (χ0n) is 12.4. The van der Waals surface area contributed by atoms with E-state index in [1.807, 2.05) is 24.3 Å². The molecule has 1 aromatic carbocycles. The molecule has 0 radical (unpaired) electrons. The maximum absolute atomic E-state index is 11.1. The first-order valence-corrected chi connectivity index (χ1v) is 7.73. The molecule has 1 atom stereocenters. The van der Waals surface area contributed by atoms with Crippen molar-refractivity contribution in [2.75, 3.05) is 33.4 Å². The number of carbonyl (C=O) groups excluding carboxylic acids is 1. The molecular formula is C16H22ClNO3. The smallest absolute Gasteiger partial charge is 0.305 e. The molecule has 1 aliphatic heterocycles. The fourth-order valence-electron chi connectivity index (χ4n) is 2.49. The zero-order valence-corrected chi connectivity index (χ0v) is 13.1. The van der Waals surface area contributed by atoms with Gasteiger partial charge in [-0.25, -0.2) is 0 Å². The summed E-state index contributed by atoms with van der Waals surface area (Å²) in [4.78, 5) is 13.4. The van der Waals surface area contributed by atoms with Crippen molar-refractivity contribution in [3.8, 4) is 0 Å². The van der Waals surface area contributed by atoms with E-state index < -0.39 is 0 Å². The Hall–Kier alpha value is -1.10. The van der Waals surface area contributed by atoms with E-state index in [1.165, 1.54) is 12.7 Å². The van der Waals surface area contributed by atoms with E-state index in [4.69, 9.17) is 16.3 Å². The molecular weight excluding hydrogens is 290 g/mol. The topological polar surface area (TPSA) is 38.8 Å². The average molecular weight is 312 g/mol. The first-order chi connectivity index (χ1) is 10.2. The minimum Gasteiger partial charge on any atom is -0.469 e. The van der Waals surface area contributed by atoms with Crippen LogP contribution in [0.4, 0.5) is 0 Å². The number of hydrogen-bond acceptors (Lipinski definition) is 4. The van der Waals surface area contributed by atoms with Gasteiger partial charge >= 0.3 is 5.97 Å². The second-order valence-corrected chi connectivity index (χ2v) is 5.68. The molecule has 1 heterocycles. The molecule has 4 nitrogen and oxygen atoms in total. The minimum atomic E-state index is -0.129. The number of nitrogens with zero attached hydrogens (tertiary/aromatic N) is 1. The van der Waals surface area contributed by atoms with Crippen molar-refractivity contribution in [3.05, 3.63) is 34.9 Å². The third-order valence-electron chi connectivity index (χ3n) is 3.73. The van der Waals surface area contributed by atoms with Crippen LogP contribution in [-0.4, -0.2) is 44.2 Å². The van der Waals surface area contributed by atoms with Crippen LogP contribution in [-0.2, 0) is 14.3 Å². The van der Waals surface area contributed by atoms with E-state index in [9.17, 15) is 4.79 Å². The zero-order chi connectivity index (χ0) is 15.1. The maximum atomic E-state index is 11.1. The summed E-state index contributed by atoms with van der Waals surface area (Å²) < 4.78 is 10.5. The lowest BCUT2D eigenvalue weighted by atomic mass is 10.1. The van der Waals surface area contributed by atoms with Crippen LogP contribution in [0.15, 0.2) is 24.3 Å². The second-order valence-electron chi connectivity index (χ2n) is 5.24. The molecule has 0 spiro atoms. The van der Waals surface area contributed by atoms with Gasteiger partial charge in [-0.2, -0.15) is 0 Å². The second kappa shape index (κ2) is 8.37. The summed E-state index contributed by atoms with van der Waals surface area (Å²) in [7, 11) is 1.43. The number of morpholine rings is 1. The van der Waals surface area contributed by atoms with Gasteiger partial charge in [-0.15, -0.1) is 0 Å². The van der Waals surface area contributed by atoms with Crippen LogP contribution in [0, 0.1) is 0 Å². The third kappa shape index (κ3) is 5.30. The van der Waals surface area contributed by atoms with Crippen LogP contribution < -0.4 is 0 Å². The number of ether oxygens (including phenoxy) is 2. The Labute approximate surface area is 131 Å². The first kappa shape index (κ1) is 16.3. The molecule has 21 heavy (non-hydrogen) atoms. The van der Waals surface area contributed by atoms with Crippen molar-refractivity contribution in [2.45, 2.75) is 25.4 Å². The SMILES string of the molecule is COC(=O)CCCCN1CCO[C@H](c2ccc(Cl)cc2)C1. The Morgan fingerprint density at radius 1 is 1.38 bits per heavy atom. The normalized spacial score (nSPS) is 19.4. The molecule has 5 heteroatoms. The van der Waals surface area contributed by atoms with Crippen LogP contribution >= 0.6 is 11.6 Å². The van der Waals surface area contributed by atoms with Gasteiger partial charge in [-0.3, -0.25) is 9.69 Å². The predicted molar refractivity (Wildman–Crippen MR) is 82.5 cm³/mol. The number of rotatable bonds is 6. The molecule has 0 N–H and O–H groups in total. The molecule has 0 aromatic heterocycles. The summed E-state index contributed by atoms with van der Waals surface area (Å²) in [5.74, 6) is -0.129. The summed E-state index contributed by atoms with van der Waals surface area (Å²) in [5, 5.41) is 0.745. The van der Waals surface area contributed by atoms with E-state index in [0.717, 1.165) is 44.1 Å². The van der Waals surface area contributed by atoms with E-state index in [1.54, 1.807) is 0 Å². The summed E-state index contributed by atoms with van der Waals surface area (Å²) in [6.45, 7) is 3.57. The van der Waals surface area contributed by atoms with Crippen LogP contribution in [0.25, 0.3) is 0 Å². The van der Waals surface area contributed by atoms with Crippen molar-refractivity contribution in [2.24, 2.45) is 0 Å². The summed E-state index contributed by atoms with van der Waals surface area (Å²) in [5.41, 5.74) is 1.17. The Morgan fingerprint density at radius 2 is 2.14 bits per heavy atom. The Balaban J connectivity index is 1.75. The molecule has 1 aromatic rings. The quantitative estimate of drug-likeness (QED) is 0.598. The molecule has 2 rings (SSSR count). The number of hydrogen-bond donors (Lipinski definition) is 0. The van der Waals surface area contributed by atoms with E-state index in [2.05, 4.69) is 9.64 Å². The van der Waals surface area contributed by atoms with Crippen LogP contribution in [0.5, 0.6) is 0 Å². The molecule has 116 valence electrons. The summed E-state index contributed by atoms with van der Waals surface area (Å²) in [6, 6.07) is 7.84. The molecule has 0 bridgehead atoms. The van der Waals surface area contributed by atoms with Gasteiger partial charge in [-0.05, 0) is 37.1 Å². The monoisotopic (exact) mass is 311 g/mol. The Morgan fingerprint density at radius 3 is 2.86 bits per heavy atom. The minimum absolute atomic E-state index is 0.108. The average Bonchev–Trinajstić information content (AvgIpc) is 2.52. The fourth-order valence-corrected chi connectivity index (χ4v) is 2.62. The number of carbonyl (C=O) groups is 1. The molecule has 0 unspecified atom stereocenters. The van der Waals surface area contributed by atoms with Crippen molar-refractivity contribution < 1.29 is 14.3 Å². The highest BCUT2D eigenvalue weighted by molar-refractivity contribution is 6.30. The standard InChI is InChI=1S/C16H22ClNO3/c1-20-16(19)4-2-3-9-18-10-11-21-15(12-18)13-5-7-14(17)8-6-13/h5-8,15H,2-4,9-12H2,1H3/t15-/m0/s1. The number of benzene rings is 1. The van der Waals surface area contributed by atoms with E-state index in [0.29, 0.717) is 6.42 Å².